The Labute approximate surface area is 143 Å². The highest BCUT2D eigenvalue weighted by molar-refractivity contribution is 7.89. The third kappa shape index (κ3) is 3.15. The molecule has 1 aliphatic heterocycles. The minimum absolute atomic E-state index is 0.123. The fraction of sp³-hybridized carbons (Fsp3) is 0.562. The quantitative estimate of drug-likeness (QED) is 0.878. The van der Waals surface area contributed by atoms with E-state index < -0.39 is 44.7 Å². The highest BCUT2D eigenvalue weighted by atomic mass is 32.2. The number of aliphatic carboxylic acids is 1. The second-order valence-corrected chi connectivity index (χ2v) is 8.34. The number of benzene rings is 1. The molecule has 3 unspecified atom stereocenters. The summed E-state index contributed by atoms with van der Waals surface area (Å²) in [5.41, 5.74) is -1.27. The van der Waals surface area contributed by atoms with Crippen LogP contribution in [0.2, 0.25) is 0 Å². The lowest BCUT2D eigenvalue weighted by Crippen LogP contribution is -2.46. The summed E-state index contributed by atoms with van der Waals surface area (Å²) in [7, 11) is -4.58. The van der Waals surface area contributed by atoms with E-state index in [9.17, 15) is 31.5 Å². The van der Waals surface area contributed by atoms with Crippen molar-refractivity contribution >= 4 is 16.0 Å². The number of rotatable bonds is 3. The normalized spacial score (nSPS) is 27.9. The van der Waals surface area contributed by atoms with E-state index in [4.69, 9.17) is 0 Å². The van der Waals surface area contributed by atoms with E-state index in [1.54, 1.807) is 0 Å². The molecule has 1 aliphatic carbocycles. The lowest BCUT2D eigenvalue weighted by Gasteiger charge is -2.32. The molecule has 1 aromatic rings. The molecule has 0 radical (unpaired) electrons. The Morgan fingerprint density at radius 3 is 2.44 bits per heavy atom. The number of halogens is 3. The van der Waals surface area contributed by atoms with E-state index in [1.807, 2.05) is 0 Å². The van der Waals surface area contributed by atoms with E-state index >= 15 is 0 Å². The van der Waals surface area contributed by atoms with Crippen LogP contribution in [-0.2, 0) is 21.0 Å². The number of nitrogens with zero attached hydrogens (tertiary/aromatic N) is 1. The zero-order valence-corrected chi connectivity index (χ0v) is 14.1. The van der Waals surface area contributed by atoms with Gasteiger partial charge < -0.3 is 5.11 Å². The summed E-state index contributed by atoms with van der Waals surface area (Å²) in [5.74, 6) is -1.44. The average Bonchev–Trinajstić information content (AvgIpc) is 2.94. The SMILES string of the molecule is O=C(O)C1CC2CCCCC2N1S(=O)(=O)c1ccccc1C(F)(F)F. The molecule has 2 fully saturated rings. The maximum atomic E-state index is 13.3. The van der Waals surface area contributed by atoms with E-state index in [0.29, 0.717) is 18.9 Å². The molecule has 3 rings (SSSR count). The number of carboxylic acid groups (broad SMARTS) is 1. The van der Waals surface area contributed by atoms with E-state index in [1.165, 1.54) is 6.07 Å². The molecule has 1 saturated heterocycles. The van der Waals surface area contributed by atoms with Crippen LogP contribution in [0.1, 0.15) is 37.7 Å². The standard InChI is InChI=1S/C16H18F3NO4S/c17-16(18,19)11-6-2-4-8-14(11)25(23,24)20-12-7-3-1-5-10(12)9-13(20)15(21)22/h2,4,6,8,10,12-13H,1,3,5,7,9H2,(H,21,22). The molecule has 5 nitrogen and oxygen atoms in total. The summed E-state index contributed by atoms with van der Waals surface area (Å²) in [6, 6.07) is 2.06. The topological polar surface area (TPSA) is 74.7 Å². The number of sulfonamides is 1. The van der Waals surface area contributed by atoms with Crippen molar-refractivity contribution in [1.82, 2.24) is 4.31 Å². The largest absolute Gasteiger partial charge is 0.480 e. The van der Waals surface area contributed by atoms with Gasteiger partial charge in [-0.05, 0) is 37.3 Å². The van der Waals surface area contributed by atoms with Crippen molar-refractivity contribution in [2.45, 2.75) is 55.3 Å². The second-order valence-electron chi connectivity index (χ2n) is 6.53. The van der Waals surface area contributed by atoms with Crippen molar-refractivity contribution in [2.75, 3.05) is 0 Å². The first-order valence-corrected chi connectivity index (χ1v) is 9.50. The van der Waals surface area contributed by atoms with Crippen molar-refractivity contribution in [3.8, 4) is 0 Å². The Kier molecular flexibility index (Phi) is 4.57. The van der Waals surface area contributed by atoms with E-state index in [0.717, 1.165) is 29.3 Å². The molecule has 0 amide bonds. The van der Waals surface area contributed by atoms with Gasteiger partial charge in [0.25, 0.3) is 0 Å². The first-order valence-electron chi connectivity index (χ1n) is 8.06. The molecule has 2 aliphatic rings. The molecule has 0 spiro atoms. The molecule has 3 atom stereocenters. The van der Waals surface area contributed by atoms with Crippen molar-refractivity contribution in [3.05, 3.63) is 29.8 Å². The summed E-state index contributed by atoms with van der Waals surface area (Å²) in [6.07, 6.45) is -1.91. The fourth-order valence-corrected chi connectivity index (χ4v) is 6.10. The summed E-state index contributed by atoms with van der Waals surface area (Å²) in [6.45, 7) is 0. The van der Waals surface area contributed by atoms with Crippen LogP contribution in [0.3, 0.4) is 0 Å². The Bertz CT molecular complexity index is 778. The van der Waals surface area contributed by atoms with Crippen molar-refractivity contribution in [3.63, 3.8) is 0 Å². The molecule has 0 aromatic heterocycles. The highest BCUT2D eigenvalue weighted by Crippen LogP contribution is 2.44. The molecule has 0 bridgehead atoms. The fourth-order valence-electron chi connectivity index (χ4n) is 4.01. The third-order valence-corrected chi connectivity index (χ3v) is 7.05. The van der Waals surface area contributed by atoms with Crippen LogP contribution in [0.4, 0.5) is 13.2 Å². The lowest BCUT2D eigenvalue weighted by atomic mass is 9.85. The Balaban J connectivity index is 2.11. The Hall–Kier alpha value is -1.61. The van der Waals surface area contributed by atoms with Gasteiger partial charge in [0.05, 0.1) is 10.5 Å². The number of carbonyl (C=O) groups is 1. The summed E-state index contributed by atoms with van der Waals surface area (Å²) in [5, 5.41) is 9.44. The monoisotopic (exact) mass is 377 g/mol. The average molecular weight is 377 g/mol. The van der Waals surface area contributed by atoms with Gasteiger partial charge >= 0.3 is 12.1 Å². The maximum absolute atomic E-state index is 13.3. The Morgan fingerprint density at radius 1 is 1.16 bits per heavy atom. The zero-order chi connectivity index (χ0) is 18.4. The smallest absolute Gasteiger partial charge is 0.417 e. The van der Waals surface area contributed by atoms with Gasteiger partial charge in [0, 0.05) is 6.04 Å². The number of hydrogen-bond acceptors (Lipinski definition) is 3. The second kappa shape index (κ2) is 6.28. The van der Waals surface area contributed by atoms with Crippen LogP contribution in [0, 0.1) is 5.92 Å². The molecule has 1 N–H and O–H groups in total. The predicted octanol–water partition coefficient (Wildman–Crippen LogP) is 3.11. The number of alkyl halides is 3. The van der Waals surface area contributed by atoms with Crippen LogP contribution in [0.5, 0.6) is 0 Å². The minimum atomic E-state index is -4.84. The van der Waals surface area contributed by atoms with Gasteiger partial charge in [-0.15, -0.1) is 0 Å². The molecule has 1 aromatic carbocycles. The highest BCUT2D eigenvalue weighted by Gasteiger charge is 2.52. The van der Waals surface area contributed by atoms with Gasteiger partial charge in [-0.25, -0.2) is 8.42 Å². The van der Waals surface area contributed by atoms with Crippen molar-refractivity contribution in [1.29, 1.82) is 0 Å². The molecule has 9 heteroatoms. The molecular weight excluding hydrogens is 359 g/mol. The molecule has 1 heterocycles. The van der Waals surface area contributed by atoms with E-state index in [-0.39, 0.29) is 12.3 Å². The minimum Gasteiger partial charge on any atom is -0.480 e. The van der Waals surface area contributed by atoms with Crippen LogP contribution < -0.4 is 0 Å². The van der Waals surface area contributed by atoms with E-state index in [2.05, 4.69) is 0 Å². The molecule has 1 saturated carbocycles. The first kappa shape index (κ1) is 18.2. The van der Waals surface area contributed by atoms with Crippen LogP contribution in [-0.4, -0.2) is 35.9 Å². The summed E-state index contributed by atoms with van der Waals surface area (Å²) < 4.78 is 66.7. The van der Waals surface area contributed by atoms with Crippen molar-refractivity contribution < 1.29 is 31.5 Å². The van der Waals surface area contributed by atoms with Gasteiger partial charge in [-0.1, -0.05) is 25.0 Å². The van der Waals surface area contributed by atoms with Crippen LogP contribution >= 0.6 is 0 Å². The maximum Gasteiger partial charge on any atom is 0.417 e. The molecule has 25 heavy (non-hydrogen) atoms. The third-order valence-electron chi connectivity index (χ3n) is 5.06. The van der Waals surface area contributed by atoms with Gasteiger partial charge in [0.1, 0.15) is 6.04 Å². The van der Waals surface area contributed by atoms with Gasteiger partial charge in [0.15, 0.2) is 0 Å². The number of hydrogen-bond donors (Lipinski definition) is 1. The molecule has 138 valence electrons. The molecular formula is C16H18F3NO4S. The van der Waals surface area contributed by atoms with Crippen molar-refractivity contribution in [2.24, 2.45) is 5.92 Å². The summed E-state index contributed by atoms with van der Waals surface area (Å²) in [4.78, 5) is 10.7. The number of carboxylic acids is 1. The number of fused-ring (bicyclic) bond motifs is 1. The Morgan fingerprint density at radius 2 is 1.80 bits per heavy atom. The van der Waals surface area contributed by atoms with Crippen LogP contribution in [0.15, 0.2) is 29.2 Å². The van der Waals surface area contributed by atoms with Gasteiger partial charge in [-0.2, -0.15) is 17.5 Å². The zero-order valence-electron chi connectivity index (χ0n) is 13.2. The van der Waals surface area contributed by atoms with Gasteiger partial charge in [0.2, 0.25) is 10.0 Å². The predicted molar refractivity (Wildman–Crippen MR) is 82.3 cm³/mol. The lowest BCUT2D eigenvalue weighted by molar-refractivity contribution is -0.141. The van der Waals surface area contributed by atoms with Gasteiger partial charge in [-0.3, -0.25) is 4.79 Å². The van der Waals surface area contributed by atoms with Crippen LogP contribution in [0.25, 0.3) is 0 Å². The summed E-state index contributed by atoms with van der Waals surface area (Å²) >= 11 is 0. The first-order chi connectivity index (χ1) is 11.6.